The lowest BCUT2D eigenvalue weighted by Gasteiger charge is -2.30. The first-order valence-corrected chi connectivity index (χ1v) is 12.1. The van der Waals surface area contributed by atoms with Gasteiger partial charge in [0.2, 0.25) is 21.8 Å². The first-order chi connectivity index (χ1) is 14.8. The topological polar surface area (TPSA) is 115 Å². The maximum Gasteiger partial charge on any atom is 0.248 e. The van der Waals surface area contributed by atoms with Gasteiger partial charge < -0.3 is 14.6 Å². The number of nitrogens with one attached hydrogen (secondary N) is 1. The maximum atomic E-state index is 12.9. The zero-order valence-corrected chi connectivity index (χ0v) is 19.1. The Kier molecular flexibility index (Phi) is 7.66. The molecule has 0 spiro atoms. The molecule has 9 nitrogen and oxygen atoms in total. The van der Waals surface area contributed by atoms with E-state index in [0.717, 1.165) is 18.4 Å². The third-order valence-corrected chi connectivity index (χ3v) is 7.57. The minimum Gasteiger partial charge on any atom is -0.477 e. The van der Waals surface area contributed by atoms with Crippen molar-refractivity contribution in [3.8, 4) is 5.88 Å². The summed E-state index contributed by atoms with van der Waals surface area (Å²) in [5.41, 5.74) is 1.18. The van der Waals surface area contributed by atoms with E-state index in [0.29, 0.717) is 37.6 Å². The lowest BCUT2D eigenvalue weighted by molar-refractivity contribution is -0.126. The third-order valence-electron chi connectivity index (χ3n) is 5.43. The summed E-state index contributed by atoms with van der Waals surface area (Å²) in [4.78, 5) is 17.1. The molecular formula is C21H30N4O5S. The molecule has 1 amide bonds. The molecular weight excluding hydrogens is 420 g/mol. The minimum absolute atomic E-state index is 0.0854. The highest BCUT2D eigenvalue weighted by molar-refractivity contribution is 7.89. The first-order valence-electron chi connectivity index (χ1n) is 10.6. The second kappa shape index (κ2) is 10.2. The van der Waals surface area contributed by atoms with Gasteiger partial charge in [-0.3, -0.25) is 4.79 Å². The summed E-state index contributed by atoms with van der Waals surface area (Å²) in [6, 6.07) is 3.69. The predicted octanol–water partition coefficient (Wildman–Crippen LogP) is 2.58. The normalized spacial score (nSPS) is 15.7. The van der Waals surface area contributed by atoms with Crippen LogP contribution in [0.25, 0.3) is 0 Å². The van der Waals surface area contributed by atoms with E-state index < -0.39 is 10.0 Å². The molecule has 1 saturated heterocycles. The molecule has 0 radical (unpaired) electrons. The molecule has 0 unspecified atom stereocenters. The summed E-state index contributed by atoms with van der Waals surface area (Å²) in [5.74, 6) is 0.498. The van der Waals surface area contributed by atoms with E-state index in [-0.39, 0.29) is 35.6 Å². The van der Waals surface area contributed by atoms with Crippen LogP contribution in [0, 0.1) is 19.8 Å². The van der Waals surface area contributed by atoms with Crippen molar-refractivity contribution in [2.24, 2.45) is 5.92 Å². The summed E-state index contributed by atoms with van der Waals surface area (Å²) >= 11 is 0. The quantitative estimate of drug-likeness (QED) is 0.584. The van der Waals surface area contributed by atoms with E-state index >= 15 is 0 Å². The van der Waals surface area contributed by atoms with Crippen LogP contribution in [0.1, 0.15) is 49.6 Å². The average Bonchev–Trinajstić information content (AvgIpc) is 3.11. The van der Waals surface area contributed by atoms with Gasteiger partial charge in [0, 0.05) is 37.3 Å². The van der Waals surface area contributed by atoms with Crippen LogP contribution in [0.3, 0.4) is 0 Å². The van der Waals surface area contributed by atoms with Crippen molar-refractivity contribution >= 4 is 15.9 Å². The number of carbonyl (C=O) groups excluding carboxylic acids is 1. The molecule has 0 bridgehead atoms. The Morgan fingerprint density at radius 1 is 1.32 bits per heavy atom. The number of piperidine rings is 1. The molecule has 3 heterocycles. The van der Waals surface area contributed by atoms with E-state index in [1.54, 1.807) is 20.0 Å². The maximum absolute atomic E-state index is 12.9. The van der Waals surface area contributed by atoms with Crippen molar-refractivity contribution < 1.29 is 22.5 Å². The molecule has 31 heavy (non-hydrogen) atoms. The number of unbranched alkanes of at least 4 members (excludes halogenated alkanes) is 1. The molecule has 2 aromatic rings. The number of hydrogen-bond donors (Lipinski definition) is 1. The molecule has 0 aromatic carbocycles. The number of rotatable bonds is 9. The highest BCUT2D eigenvalue weighted by Gasteiger charge is 2.35. The van der Waals surface area contributed by atoms with Gasteiger partial charge >= 0.3 is 0 Å². The number of pyridine rings is 1. The van der Waals surface area contributed by atoms with Crippen LogP contribution >= 0.6 is 0 Å². The van der Waals surface area contributed by atoms with E-state index in [4.69, 9.17) is 9.26 Å². The summed E-state index contributed by atoms with van der Waals surface area (Å²) in [7, 11) is -3.68. The largest absolute Gasteiger partial charge is 0.477 e. The molecule has 3 rings (SSSR count). The first kappa shape index (κ1) is 23.2. The zero-order chi connectivity index (χ0) is 22.4. The van der Waals surface area contributed by atoms with Crippen LogP contribution in [-0.4, -0.2) is 48.5 Å². The standard InChI is InChI=1S/C21H30N4O5S/c1-4-5-13-29-21-18(7-6-10-22-21)14-23-20(26)17-8-11-25(12-9-17)31(27,28)19-15(2)24-30-16(19)3/h6-7,10,17H,4-5,8-9,11-14H2,1-3H3,(H,23,26). The second-order valence-electron chi connectivity index (χ2n) is 7.72. The van der Waals surface area contributed by atoms with Crippen LogP contribution in [0.4, 0.5) is 0 Å². The van der Waals surface area contributed by atoms with Gasteiger partial charge in [-0.1, -0.05) is 24.6 Å². The van der Waals surface area contributed by atoms with Gasteiger partial charge in [-0.25, -0.2) is 13.4 Å². The number of amides is 1. The Bertz CT molecular complexity index is 977. The average molecular weight is 451 g/mol. The molecule has 2 aromatic heterocycles. The molecule has 1 aliphatic rings. The Morgan fingerprint density at radius 2 is 2.06 bits per heavy atom. The van der Waals surface area contributed by atoms with Gasteiger partial charge in [-0.15, -0.1) is 0 Å². The molecule has 170 valence electrons. The van der Waals surface area contributed by atoms with Crippen molar-refractivity contribution in [2.75, 3.05) is 19.7 Å². The Labute approximate surface area is 183 Å². The summed E-state index contributed by atoms with van der Waals surface area (Å²) in [6.45, 7) is 6.77. The van der Waals surface area contributed by atoms with Crippen molar-refractivity contribution in [3.63, 3.8) is 0 Å². The molecule has 1 fully saturated rings. The van der Waals surface area contributed by atoms with Crippen molar-refractivity contribution in [3.05, 3.63) is 35.3 Å². The molecule has 1 aliphatic heterocycles. The Balaban J connectivity index is 1.54. The van der Waals surface area contributed by atoms with E-state index in [9.17, 15) is 13.2 Å². The van der Waals surface area contributed by atoms with Gasteiger partial charge in [0.15, 0.2) is 5.76 Å². The number of sulfonamides is 1. The molecule has 0 atom stereocenters. The summed E-state index contributed by atoms with van der Waals surface area (Å²) in [5, 5.41) is 6.69. The predicted molar refractivity (Wildman–Crippen MR) is 114 cm³/mol. The van der Waals surface area contributed by atoms with Gasteiger partial charge in [0.25, 0.3) is 0 Å². The third kappa shape index (κ3) is 5.43. The summed E-state index contributed by atoms with van der Waals surface area (Å²) < 4.78 is 38.0. The highest BCUT2D eigenvalue weighted by Crippen LogP contribution is 2.27. The summed E-state index contributed by atoms with van der Waals surface area (Å²) in [6.07, 6.45) is 4.56. The van der Waals surface area contributed by atoms with Gasteiger partial charge in [0.1, 0.15) is 10.6 Å². The minimum atomic E-state index is -3.68. The fourth-order valence-corrected chi connectivity index (χ4v) is 5.42. The second-order valence-corrected chi connectivity index (χ2v) is 9.59. The van der Waals surface area contributed by atoms with Gasteiger partial charge in [0.05, 0.1) is 6.61 Å². The van der Waals surface area contributed by atoms with Crippen LogP contribution in [0.15, 0.2) is 27.7 Å². The Hall–Kier alpha value is -2.46. The zero-order valence-electron chi connectivity index (χ0n) is 18.3. The van der Waals surface area contributed by atoms with Crippen LogP contribution < -0.4 is 10.1 Å². The monoisotopic (exact) mass is 450 g/mol. The lowest BCUT2D eigenvalue weighted by atomic mass is 9.97. The number of ether oxygens (including phenoxy) is 1. The van der Waals surface area contributed by atoms with E-state index in [1.165, 1.54) is 4.31 Å². The number of hydrogen-bond acceptors (Lipinski definition) is 7. The Morgan fingerprint density at radius 3 is 2.71 bits per heavy atom. The number of aromatic nitrogens is 2. The number of carbonyl (C=O) groups is 1. The van der Waals surface area contributed by atoms with Gasteiger partial charge in [-0.05, 0) is 39.2 Å². The van der Waals surface area contributed by atoms with E-state index in [2.05, 4.69) is 22.4 Å². The van der Waals surface area contributed by atoms with Crippen molar-refractivity contribution in [1.29, 1.82) is 0 Å². The fraction of sp³-hybridized carbons (Fsp3) is 0.571. The smallest absolute Gasteiger partial charge is 0.248 e. The fourth-order valence-electron chi connectivity index (χ4n) is 3.66. The van der Waals surface area contributed by atoms with Crippen molar-refractivity contribution in [2.45, 2.75) is 57.9 Å². The lowest BCUT2D eigenvalue weighted by Crippen LogP contribution is -2.43. The molecule has 0 saturated carbocycles. The molecule has 1 N–H and O–H groups in total. The van der Waals surface area contributed by atoms with Crippen molar-refractivity contribution in [1.82, 2.24) is 19.8 Å². The number of aryl methyl sites for hydroxylation is 2. The molecule has 0 aliphatic carbocycles. The van der Waals surface area contributed by atoms with Crippen LogP contribution in [-0.2, 0) is 21.4 Å². The van der Waals surface area contributed by atoms with Crippen LogP contribution in [0.2, 0.25) is 0 Å². The number of nitrogens with zero attached hydrogens (tertiary/aromatic N) is 3. The van der Waals surface area contributed by atoms with Gasteiger partial charge in [-0.2, -0.15) is 4.31 Å². The molecule has 10 heteroatoms. The SMILES string of the molecule is CCCCOc1ncccc1CNC(=O)C1CCN(S(=O)(=O)c2c(C)noc2C)CC1. The highest BCUT2D eigenvalue weighted by atomic mass is 32.2. The van der Waals surface area contributed by atoms with E-state index in [1.807, 2.05) is 12.1 Å². The van der Waals surface area contributed by atoms with Crippen LogP contribution in [0.5, 0.6) is 5.88 Å².